The summed E-state index contributed by atoms with van der Waals surface area (Å²) in [7, 11) is 0. The topological polar surface area (TPSA) is 67.4 Å². The van der Waals surface area contributed by atoms with Crippen molar-refractivity contribution in [2.24, 2.45) is 0 Å². The van der Waals surface area contributed by atoms with Gasteiger partial charge in [0.1, 0.15) is 11.6 Å². The number of β-lactam (4-membered cyclic amide) rings is 1. The van der Waals surface area contributed by atoms with E-state index in [0.717, 1.165) is 0 Å². The molecule has 0 aromatic carbocycles. The number of amides is 2. The summed E-state index contributed by atoms with van der Waals surface area (Å²) < 4.78 is 5.01. The second-order valence-corrected chi connectivity index (χ2v) is 4.42. The van der Waals surface area contributed by atoms with Gasteiger partial charge in [-0.1, -0.05) is 0 Å². The molecule has 1 aliphatic heterocycles. The van der Waals surface area contributed by atoms with Crippen molar-refractivity contribution < 1.29 is 14.3 Å². The summed E-state index contributed by atoms with van der Waals surface area (Å²) >= 11 is 0. The van der Waals surface area contributed by atoms with Gasteiger partial charge < -0.3 is 15.4 Å². The molecule has 2 amide bonds. The van der Waals surface area contributed by atoms with Crippen LogP contribution in [0.25, 0.3) is 0 Å². The largest absolute Gasteiger partial charge is 0.444 e. The van der Waals surface area contributed by atoms with Crippen LogP contribution in [0.1, 0.15) is 27.7 Å². The van der Waals surface area contributed by atoms with E-state index in [1.54, 1.807) is 20.8 Å². The number of nitrogens with one attached hydrogen (secondary N) is 2. The molecule has 5 nitrogen and oxygen atoms in total. The number of carbonyl (C=O) groups is 2. The van der Waals surface area contributed by atoms with E-state index in [1.807, 2.05) is 6.92 Å². The molecule has 15 heavy (non-hydrogen) atoms. The Morgan fingerprint density at radius 2 is 2.00 bits per heavy atom. The first-order valence-corrected chi connectivity index (χ1v) is 4.59. The second kappa shape index (κ2) is 5.18. The van der Waals surface area contributed by atoms with Crippen LogP contribution in [0.3, 0.4) is 0 Å². The predicted octanol–water partition coefficient (Wildman–Crippen LogP) is 0.0172. The molecular weight excluding hydrogens is 207 g/mol. The Morgan fingerprint density at radius 3 is 2.33 bits per heavy atom. The van der Waals surface area contributed by atoms with E-state index in [-0.39, 0.29) is 41.5 Å². The van der Waals surface area contributed by atoms with Gasteiger partial charge >= 0.3 is 6.09 Å². The van der Waals surface area contributed by atoms with E-state index >= 15 is 0 Å². The van der Waals surface area contributed by atoms with E-state index in [2.05, 4.69) is 10.6 Å². The molecule has 1 aliphatic rings. The Morgan fingerprint density at radius 1 is 1.47 bits per heavy atom. The van der Waals surface area contributed by atoms with Gasteiger partial charge in [0.05, 0.1) is 6.04 Å². The van der Waals surface area contributed by atoms with E-state index in [9.17, 15) is 9.59 Å². The summed E-state index contributed by atoms with van der Waals surface area (Å²) in [5, 5.41) is 5.11. The molecule has 0 aliphatic carbocycles. The first-order chi connectivity index (χ1) is 6.29. The molecule has 0 unspecified atom stereocenters. The molecule has 1 radical (unpaired) electrons. The number of ether oxygens (including phenoxy) is 1. The van der Waals surface area contributed by atoms with E-state index < -0.39 is 17.7 Å². The Hall–Kier alpha value is -0.260. The minimum atomic E-state index is -0.552. The van der Waals surface area contributed by atoms with Gasteiger partial charge in [0.2, 0.25) is 5.91 Å². The first-order valence-electron chi connectivity index (χ1n) is 4.59. The van der Waals surface area contributed by atoms with Gasteiger partial charge in [-0.05, 0) is 27.7 Å². The molecule has 1 saturated heterocycles. The fourth-order valence-electron chi connectivity index (χ4n) is 1.15. The third kappa shape index (κ3) is 4.40. The van der Waals surface area contributed by atoms with Crippen LogP contribution in [0.2, 0.25) is 0 Å². The van der Waals surface area contributed by atoms with Crippen LogP contribution in [0.4, 0.5) is 4.79 Å². The Bertz CT molecular complexity index is 263. The number of hydrogen-bond donors (Lipinski definition) is 2. The average molecular weight is 223 g/mol. The average Bonchev–Trinajstić information content (AvgIpc) is 1.98. The molecule has 1 rings (SSSR count). The summed E-state index contributed by atoms with van der Waals surface area (Å²) in [5.74, 6) is -0.164. The molecule has 0 aromatic heterocycles. The zero-order valence-electron chi connectivity index (χ0n) is 9.88. The van der Waals surface area contributed by atoms with Crippen LogP contribution < -0.4 is 10.6 Å². The van der Waals surface area contributed by atoms with Crippen molar-refractivity contribution in [3.05, 3.63) is 0 Å². The maximum Gasteiger partial charge on any atom is 0.408 e. The fraction of sp³-hybridized carbons (Fsp3) is 0.778. The Labute approximate surface area is 112 Å². The van der Waals surface area contributed by atoms with Gasteiger partial charge in [-0.25, -0.2) is 4.79 Å². The maximum absolute atomic E-state index is 11.2. The zero-order chi connectivity index (χ0) is 10.9. The van der Waals surface area contributed by atoms with Crippen LogP contribution in [0, 0.1) is 0 Å². The molecule has 0 saturated carbocycles. The van der Waals surface area contributed by atoms with Crippen molar-refractivity contribution in [3.8, 4) is 0 Å². The monoisotopic (exact) mass is 223 g/mol. The SMILES string of the molecule is C[C@H]1NC(=O)[C@H]1NC(=O)OC(C)(C)C.[Na]. The van der Waals surface area contributed by atoms with E-state index in [1.165, 1.54) is 0 Å². The summed E-state index contributed by atoms with van der Waals surface area (Å²) in [6, 6.07) is -0.472. The van der Waals surface area contributed by atoms with Crippen molar-refractivity contribution in [1.29, 1.82) is 0 Å². The van der Waals surface area contributed by atoms with Gasteiger partial charge in [-0.3, -0.25) is 4.79 Å². The molecular formula is C9H16N2NaO3. The number of carbonyl (C=O) groups excluding carboxylic acids is 2. The minimum Gasteiger partial charge on any atom is -0.444 e. The van der Waals surface area contributed by atoms with Gasteiger partial charge in [0, 0.05) is 29.6 Å². The summed E-state index contributed by atoms with van der Waals surface area (Å²) in [5.41, 5.74) is -0.534. The Kier molecular flexibility index (Phi) is 5.09. The van der Waals surface area contributed by atoms with Crippen LogP contribution >= 0.6 is 0 Å². The summed E-state index contributed by atoms with van der Waals surface area (Å²) in [6.07, 6.45) is -0.552. The fourth-order valence-corrected chi connectivity index (χ4v) is 1.15. The van der Waals surface area contributed by atoms with Crippen molar-refractivity contribution in [2.45, 2.75) is 45.4 Å². The molecule has 0 bridgehead atoms. The standard InChI is InChI=1S/C9H16N2O3.Na/c1-5-6(7(12)10-5)11-8(13)14-9(2,3)4;/h5-6H,1-4H3,(H,10,12)(H,11,13);/t5-,6+;/m1./s1. The zero-order valence-corrected chi connectivity index (χ0v) is 11.9. The number of rotatable bonds is 1. The van der Waals surface area contributed by atoms with Gasteiger partial charge in [-0.15, -0.1) is 0 Å². The summed E-state index contributed by atoms with van der Waals surface area (Å²) in [4.78, 5) is 22.2. The molecule has 0 aromatic rings. The third-order valence-electron chi connectivity index (χ3n) is 1.82. The molecule has 6 heteroatoms. The van der Waals surface area contributed by atoms with Crippen LogP contribution in [0.5, 0.6) is 0 Å². The quantitative estimate of drug-likeness (QED) is 0.486. The molecule has 1 fully saturated rings. The van der Waals surface area contributed by atoms with Crippen LogP contribution in [-0.2, 0) is 9.53 Å². The second-order valence-electron chi connectivity index (χ2n) is 4.42. The van der Waals surface area contributed by atoms with E-state index in [4.69, 9.17) is 4.74 Å². The predicted molar refractivity (Wildman–Crippen MR) is 56.5 cm³/mol. The number of alkyl carbamates (subject to hydrolysis) is 1. The van der Waals surface area contributed by atoms with Gasteiger partial charge in [-0.2, -0.15) is 0 Å². The van der Waals surface area contributed by atoms with Crippen molar-refractivity contribution in [2.75, 3.05) is 0 Å². The first kappa shape index (κ1) is 14.7. The molecule has 1 heterocycles. The molecule has 81 valence electrons. The molecule has 2 N–H and O–H groups in total. The molecule has 0 spiro atoms. The minimum absolute atomic E-state index is 0. The third-order valence-corrected chi connectivity index (χ3v) is 1.82. The van der Waals surface area contributed by atoms with Crippen molar-refractivity contribution >= 4 is 41.6 Å². The summed E-state index contributed by atoms with van der Waals surface area (Å²) in [6.45, 7) is 7.15. The number of hydrogen-bond acceptors (Lipinski definition) is 3. The Balaban J connectivity index is 0.00000196. The smallest absolute Gasteiger partial charge is 0.408 e. The van der Waals surface area contributed by atoms with Gasteiger partial charge in [0.25, 0.3) is 0 Å². The normalized spacial score (nSPS) is 24.4. The molecule has 2 atom stereocenters. The van der Waals surface area contributed by atoms with Gasteiger partial charge in [0.15, 0.2) is 0 Å². The van der Waals surface area contributed by atoms with Crippen LogP contribution in [0.15, 0.2) is 0 Å². The van der Waals surface area contributed by atoms with Crippen molar-refractivity contribution in [1.82, 2.24) is 10.6 Å². The van der Waals surface area contributed by atoms with Crippen molar-refractivity contribution in [3.63, 3.8) is 0 Å². The van der Waals surface area contributed by atoms with E-state index in [0.29, 0.717) is 0 Å². The van der Waals surface area contributed by atoms with Crippen LogP contribution in [-0.4, -0.2) is 59.2 Å². The maximum atomic E-state index is 11.2.